The Kier molecular flexibility index (Phi) is 5.75. The summed E-state index contributed by atoms with van der Waals surface area (Å²) in [6.07, 6.45) is 1.75. The molecule has 0 aromatic heterocycles. The van der Waals surface area contributed by atoms with Crippen molar-refractivity contribution in [2.45, 2.75) is 11.7 Å². The molecule has 2 aromatic rings. The normalized spacial score (nSPS) is 17.8. The number of nitrogens with zero attached hydrogens (tertiary/aromatic N) is 4. The van der Waals surface area contributed by atoms with Crippen LogP contribution in [0.15, 0.2) is 58.7 Å². The quantitative estimate of drug-likeness (QED) is 0.450. The highest BCUT2D eigenvalue weighted by Crippen LogP contribution is 2.24. The second-order valence-corrected chi connectivity index (χ2v) is 6.92. The van der Waals surface area contributed by atoms with Gasteiger partial charge < -0.3 is 5.32 Å². The first kappa shape index (κ1) is 19.2. The van der Waals surface area contributed by atoms with Crippen molar-refractivity contribution in [2.24, 2.45) is 10.2 Å². The number of carbonyl (C=O) groups is 1. The van der Waals surface area contributed by atoms with E-state index in [0.717, 1.165) is 5.56 Å². The van der Waals surface area contributed by atoms with Gasteiger partial charge in [-0.25, -0.2) is 0 Å². The number of nitro groups is 2. The zero-order chi connectivity index (χ0) is 20.1. The van der Waals surface area contributed by atoms with Crippen LogP contribution in [0.3, 0.4) is 0 Å². The lowest BCUT2D eigenvalue weighted by Gasteiger charge is -2.04. The Morgan fingerprint density at radius 1 is 1.07 bits per heavy atom. The van der Waals surface area contributed by atoms with Crippen LogP contribution in [-0.2, 0) is 11.2 Å². The van der Waals surface area contributed by atoms with Crippen LogP contribution in [0.25, 0.3) is 0 Å². The van der Waals surface area contributed by atoms with Gasteiger partial charge in [0.15, 0.2) is 5.17 Å². The van der Waals surface area contributed by atoms with Gasteiger partial charge in [0.05, 0.1) is 21.3 Å². The summed E-state index contributed by atoms with van der Waals surface area (Å²) >= 11 is 1.20. The van der Waals surface area contributed by atoms with Crippen molar-refractivity contribution in [1.82, 2.24) is 5.32 Å². The van der Waals surface area contributed by atoms with E-state index in [-0.39, 0.29) is 17.3 Å². The van der Waals surface area contributed by atoms with E-state index < -0.39 is 15.1 Å². The van der Waals surface area contributed by atoms with Gasteiger partial charge in [0.1, 0.15) is 0 Å². The number of amidine groups is 1. The molecule has 1 aliphatic heterocycles. The Hall–Kier alpha value is -3.60. The van der Waals surface area contributed by atoms with E-state index in [2.05, 4.69) is 15.5 Å². The number of nitrogens with one attached hydrogen (secondary N) is 1. The number of non-ortho nitro benzene ring substituents is 2. The van der Waals surface area contributed by atoms with Crippen LogP contribution in [0.2, 0.25) is 0 Å². The van der Waals surface area contributed by atoms with E-state index in [1.165, 1.54) is 42.2 Å². The van der Waals surface area contributed by atoms with Crippen LogP contribution in [-0.4, -0.2) is 32.4 Å². The maximum atomic E-state index is 12.1. The number of hydrogen-bond acceptors (Lipinski definition) is 8. The van der Waals surface area contributed by atoms with E-state index in [1.807, 2.05) is 0 Å². The van der Waals surface area contributed by atoms with Crippen molar-refractivity contribution >= 4 is 40.4 Å². The van der Waals surface area contributed by atoms with Gasteiger partial charge in [-0.3, -0.25) is 25.0 Å². The zero-order valence-electron chi connectivity index (χ0n) is 14.2. The van der Waals surface area contributed by atoms with Crippen molar-refractivity contribution in [3.8, 4) is 0 Å². The van der Waals surface area contributed by atoms with Gasteiger partial charge in [0.2, 0.25) is 5.91 Å². The third-order valence-electron chi connectivity index (χ3n) is 3.78. The van der Waals surface area contributed by atoms with Crippen molar-refractivity contribution in [2.75, 3.05) is 0 Å². The highest BCUT2D eigenvalue weighted by Gasteiger charge is 2.30. The van der Waals surface area contributed by atoms with Crippen molar-refractivity contribution < 1.29 is 14.6 Å². The Balaban J connectivity index is 1.62. The van der Waals surface area contributed by atoms with Gasteiger partial charge in [0.25, 0.3) is 11.4 Å². The minimum atomic E-state index is -0.501. The van der Waals surface area contributed by atoms with Crippen LogP contribution in [0.1, 0.15) is 11.1 Å². The first-order valence-corrected chi connectivity index (χ1v) is 8.86. The molecule has 1 N–H and O–H groups in total. The van der Waals surface area contributed by atoms with Crippen LogP contribution in [0, 0.1) is 20.2 Å². The second kappa shape index (κ2) is 8.39. The average Bonchev–Trinajstić information content (AvgIpc) is 3.01. The van der Waals surface area contributed by atoms with Gasteiger partial charge in [-0.1, -0.05) is 36.0 Å². The number of nitro benzene ring substituents is 2. The molecular formula is C17H13N5O5S. The molecule has 142 valence electrons. The monoisotopic (exact) mass is 399 g/mol. The summed E-state index contributed by atoms with van der Waals surface area (Å²) < 4.78 is 0. The van der Waals surface area contributed by atoms with E-state index in [4.69, 9.17) is 0 Å². The molecule has 3 rings (SSSR count). The van der Waals surface area contributed by atoms with Crippen LogP contribution in [0.5, 0.6) is 0 Å². The molecule has 1 fully saturated rings. The van der Waals surface area contributed by atoms with Gasteiger partial charge in [-0.05, 0) is 12.0 Å². The lowest BCUT2D eigenvalue weighted by molar-refractivity contribution is -0.385. The number of hydrogen-bond donors (Lipinski definition) is 1. The Morgan fingerprint density at radius 2 is 1.79 bits per heavy atom. The lowest BCUT2D eigenvalue weighted by Crippen LogP contribution is -2.25. The van der Waals surface area contributed by atoms with Crippen molar-refractivity contribution in [1.29, 1.82) is 0 Å². The number of carbonyl (C=O) groups excluding carboxylic acids is 1. The van der Waals surface area contributed by atoms with E-state index >= 15 is 0 Å². The zero-order valence-corrected chi connectivity index (χ0v) is 15.0. The molecule has 1 unspecified atom stereocenters. The van der Waals surface area contributed by atoms with Gasteiger partial charge in [-0.15, -0.1) is 5.10 Å². The Labute approximate surface area is 162 Å². The highest BCUT2D eigenvalue weighted by molar-refractivity contribution is 8.15. The average molecular weight is 399 g/mol. The number of rotatable bonds is 6. The standard InChI is InChI=1S/C17H13N5O5S/c23-16-15(9-11-4-6-13(7-5-11)21(24)25)28-17(19-16)20-18-10-12-2-1-3-14(8-12)22(26)27/h1-8,10,15H,9H2,(H,19,20,23). The minimum Gasteiger partial charge on any atom is -0.303 e. The molecule has 1 amide bonds. The molecule has 28 heavy (non-hydrogen) atoms. The van der Waals surface area contributed by atoms with Crippen molar-refractivity contribution in [3.05, 3.63) is 79.9 Å². The number of thioether (sulfide) groups is 1. The summed E-state index contributed by atoms with van der Waals surface area (Å²) in [5.74, 6) is -0.229. The topological polar surface area (TPSA) is 140 Å². The smallest absolute Gasteiger partial charge is 0.270 e. The molecule has 2 aromatic carbocycles. The third-order valence-corrected chi connectivity index (χ3v) is 4.85. The Bertz CT molecular complexity index is 990. The highest BCUT2D eigenvalue weighted by atomic mass is 32.2. The van der Waals surface area contributed by atoms with E-state index in [9.17, 15) is 25.0 Å². The SMILES string of the molecule is O=C1NC(=NN=Cc2cccc([N+](=O)[O-])c2)SC1Cc1ccc([N+](=O)[O-])cc1. The lowest BCUT2D eigenvalue weighted by atomic mass is 10.1. The largest absolute Gasteiger partial charge is 0.303 e. The second-order valence-electron chi connectivity index (χ2n) is 5.73. The Morgan fingerprint density at radius 3 is 2.46 bits per heavy atom. The summed E-state index contributed by atoms with van der Waals surface area (Å²) in [6.45, 7) is 0. The van der Waals surface area contributed by atoms with Gasteiger partial charge in [-0.2, -0.15) is 5.10 Å². The maximum absolute atomic E-state index is 12.1. The van der Waals surface area contributed by atoms with E-state index in [0.29, 0.717) is 17.2 Å². The fraction of sp³-hybridized carbons (Fsp3) is 0.118. The number of benzene rings is 2. The minimum absolute atomic E-state index is 0.00925. The summed E-state index contributed by atoms with van der Waals surface area (Å²) in [6, 6.07) is 11.9. The fourth-order valence-corrected chi connectivity index (χ4v) is 3.39. The predicted octanol–water partition coefficient (Wildman–Crippen LogP) is 2.67. The van der Waals surface area contributed by atoms with Crippen LogP contribution < -0.4 is 5.32 Å². The molecule has 1 aliphatic rings. The molecule has 0 bridgehead atoms. The first-order valence-electron chi connectivity index (χ1n) is 7.99. The number of amides is 1. The molecule has 1 heterocycles. The third kappa shape index (κ3) is 4.76. The predicted molar refractivity (Wildman–Crippen MR) is 104 cm³/mol. The maximum Gasteiger partial charge on any atom is 0.270 e. The molecule has 0 saturated carbocycles. The molecule has 0 radical (unpaired) electrons. The fourth-order valence-electron chi connectivity index (χ4n) is 2.42. The molecule has 0 spiro atoms. The molecular weight excluding hydrogens is 386 g/mol. The van der Waals surface area contributed by atoms with Crippen molar-refractivity contribution in [3.63, 3.8) is 0 Å². The molecule has 10 nitrogen and oxygen atoms in total. The van der Waals surface area contributed by atoms with E-state index in [1.54, 1.807) is 24.3 Å². The van der Waals surface area contributed by atoms with Crippen LogP contribution in [0.4, 0.5) is 11.4 Å². The summed E-state index contributed by atoms with van der Waals surface area (Å²) in [7, 11) is 0. The first-order chi connectivity index (χ1) is 13.4. The molecule has 0 aliphatic carbocycles. The molecule has 1 saturated heterocycles. The van der Waals surface area contributed by atoms with Gasteiger partial charge in [0, 0.05) is 29.8 Å². The molecule has 11 heteroatoms. The summed E-state index contributed by atoms with van der Waals surface area (Å²) in [5, 5.41) is 31.7. The van der Waals surface area contributed by atoms with Gasteiger partial charge >= 0.3 is 0 Å². The summed E-state index contributed by atoms with van der Waals surface area (Å²) in [4.78, 5) is 32.5. The van der Waals surface area contributed by atoms with Crippen LogP contribution >= 0.6 is 11.8 Å². The summed E-state index contributed by atoms with van der Waals surface area (Å²) in [5.41, 5.74) is 1.24. The molecule has 1 atom stereocenters.